The summed E-state index contributed by atoms with van der Waals surface area (Å²) in [5, 5.41) is 7.06. The maximum atomic E-state index is 12.3. The average Bonchev–Trinajstić information content (AvgIpc) is 3.31. The number of aryl methyl sites for hydroxylation is 3. The molecule has 0 bridgehead atoms. The van der Waals surface area contributed by atoms with E-state index >= 15 is 0 Å². The standard InChI is InChI=1S/C27H25F3N4O3/c1-17-14-18(2)24(19(3)15-17)12-13-36-26(35)32-21-6-4-20(5-7-21)25-31-16-34(33-25)22-8-10-23(11-9-22)37-27(28,29)30/h4-11,14-16H,12-13H2,1-3H3,(H,32,35). The van der Waals surface area contributed by atoms with Crippen LogP contribution in [0.25, 0.3) is 17.1 Å². The predicted molar refractivity (Wildman–Crippen MR) is 133 cm³/mol. The summed E-state index contributed by atoms with van der Waals surface area (Å²) in [7, 11) is 0. The van der Waals surface area contributed by atoms with E-state index < -0.39 is 12.5 Å². The second-order valence-corrected chi connectivity index (χ2v) is 8.52. The predicted octanol–water partition coefficient (Wildman–Crippen LogP) is 6.55. The van der Waals surface area contributed by atoms with Crippen molar-refractivity contribution in [3.05, 3.63) is 89.2 Å². The highest BCUT2D eigenvalue weighted by atomic mass is 19.4. The fourth-order valence-electron chi connectivity index (χ4n) is 4.03. The van der Waals surface area contributed by atoms with Crippen LogP contribution in [0.4, 0.5) is 23.7 Å². The van der Waals surface area contributed by atoms with E-state index in [0.717, 1.165) is 0 Å². The summed E-state index contributed by atoms with van der Waals surface area (Å²) >= 11 is 0. The summed E-state index contributed by atoms with van der Waals surface area (Å²) in [6, 6.07) is 16.4. The van der Waals surface area contributed by atoms with E-state index in [-0.39, 0.29) is 12.4 Å². The molecule has 37 heavy (non-hydrogen) atoms. The topological polar surface area (TPSA) is 78.3 Å². The van der Waals surface area contributed by atoms with Gasteiger partial charge in [-0.1, -0.05) is 17.7 Å². The Bertz CT molecular complexity index is 1360. The highest BCUT2D eigenvalue weighted by molar-refractivity contribution is 5.85. The molecule has 4 aromatic rings. The van der Waals surface area contributed by atoms with Gasteiger partial charge >= 0.3 is 12.5 Å². The van der Waals surface area contributed by atoms with Gasteiger partial charge in [-0.3, -0.25) is 5.32 Å². The van der Waals surface area contributed by atoms with Gasteiger partial charge in [0.25, 0.3) is 0 Å². The summed E-state index contributed by atoms with van der Waals surface area (Å²) in [6.45, 7) is 6.43. The van der Waals surface area contributed by atoms with Gasteiger partial charge in [0.15, 0.2) is 5.82 Å². The van der Waals surface area contributed by atoms with E-state index in [1.54, 1.807) is 24.3 Å². The molecule has 1 heterocycles. The number of alkyl halides is 3. The van der Waals surface area contributed by atoms with Crippen molar-refractivity contribution in [2.75, 3.05) is 11.9 Å². The molecule has 0 atom stereocenters. The van der Waals surface area contributed by atoms with Crippen LogP contribution in [0.5, 0.6) is 5.75 Å². The Morgan fingerprint density at radius 3 is 2.24 bits per heavy atom. The van der Waals surface area contributed by atoms with Crippen LogP contribution in [0, 0.1) is 20.8 Å². The van der Waals surface area contributed by atoms with Gasteiger partial charge in [-0.25, -0.2) is 14.5 Å². The number of aromatic nitrogens is 3. The van der Waals surface area contributed by atoms with Gasteiger partial charge in [0.1, 0.15) is 12.1 Å². The second kappa shape index (κ2) is 10.7. The Morgan fingerprint density at radius 2 is 1.62 bits per heavy atom. The van der Waals surface area contributed by atoms with Gasteiger partial charge in [0.2, 0.25) is 0 Å². The summed E-state index contributed by atoms with van der Waals surface area (Å²) < 4.78 is 47.6. The molecular weight excluding hydrogens is 485 g/mol. The summed E-state index contributed by atoms with van der Waals surface area (Å²) in [4.78, 5) is 16.5. The van der Waals surface area contributed by atoms with Gasteiger partial charge in [0, 0.05) is 17.7 Å². The molecule has 0 spiro atoms. The molecule has 0 saturated heterocycles. The number of amides is 1. The molecule has 1 aromatic heterocycles. The van der Waals surface area contributed by atoms with Crippen molar-refractivity contribution in [2.24, 2.45) is 0 Å². The lowest BCUT2D eigenvalue weighted by atomic mass is 9.98. The Labute approximate surface area is 211 Å². The number of anilines is 1. The van der Waals surface area contributed by atoms with Crippen molar-refractivity contribution < 1.29 is 27.4 Å². The van der Waals surface area contributed by atoms with Gasteiger partial charge in [-0.05, 0) is 86.0 Å². The van der Waals surface area contributed by atoms with Crippen LogP contribution < -0.4 is 10.1 Å². The Hall–Kier alpha value is -4.34. The molecular formula is C27H25F3N4O3. The van der Waals surface area contributed by atoms with Crippen LogP contribution in [0.3, 0.4) is 0 Å². The third-order valence-corrected chi connectivity index (χ3v) is 5.64. The molecule has 1 amide bonds. The normalized spacial score (nSPS) is 11.3. The Balaban J connectivity index is 1.32. The van der Waals surface area contributed by atoms with Crippen molar-refractivity contribution in [1.82, 2.24) is 14.8 Å². The number of ether oxygens (including phenoxy) is 2. The van der Waals surface area contributed by atoms with Crippen LogP contribution in [-0.2, 0) is 11.2 Å². The summed E-state index contributed by atoms with van der Waals surface area (Å²) in [5.74, 6) is 0.0900. The highest BCUT2D eigenvalue weighted by Crippen LogP contribution is 2.24. The Morgan fingerprint density at radius 1 is 0.973 bits per heavy atom. The molecule has 192 valence electrons. The van der Waals surface area contributed by atoms with Crippen molar-refractivity contribution >= 4 is 11.8 Å². The molecule has 0 unspecified atom stereocenters. The molecule has 7 nitrogen and oxygen atoms in total. The van der Waals surface area contributed by atoms with Gasteiger partial charge < -0.3 is 9.47 Å². The number of nitrogens with one attached hydrogen (secondary N) is 1. The second-order valence-electron chi connectivity index (χ2n) is 8.52. The Kier molecular flexibility index (Phi) is 7.47. The molecule has 0 saturated carbocycles. The molecule has 3 aromatic carbocycles. The molecule has 0 fully saturated rings. The summed E-state index contributed by atoms with van der Waals surface area (Å²) in [5.41, 5.74) is 6.51. The van der Waals surface area contributed by atoms with Crippen molar-refractivity contribution in [1.29, 1.82) is 0 Å². The number of carbonyl (C=O) groups excluding carboxylic acids is 1. The lowest BCUT2D eigenvalue weighted by Gasteiger charge is -2.12. The number of nitrogens with zero attached hydrogens (tertiary/aromatic N) is 3. The lowest BCUT2D eigenvalue weighted by molar-refractivity contribution is -0.274. The zero-order valence-electron chi connectivity index (χ0n) is 20.5. The first kappa shape index (κ1) is 25.7. The van der Waals surface area contributed by atoms with E-state index in [0.29, 0.717) is 29.2 Å². The average molecular weight is 511 g/mol. The minimum Gasteiger partial charge on any atom is -0.449 e. The van der Waals surface area contributed by atoms with Gasteiger partial charge in [-0.15, -0.1) is 18.3 Å². The van der Waals surface area contributed by atoms with E-state index in [4.69, 9.17) is 4.74 Å². The van der Waals surface area contributed by atoms with Crippen LogP contribution in [-0.4, -0.2) is 33.8 Å². The molecule has 0 aliphatic rings. The zero-order valence-corrected chi connectivity index (χ0v) is 20.5. The van der Waals surface area contributed by atoms with Gasteiger partial charge in [0.05, 0.1) is 12.3 Å². The van der Waals surface area contributed by atoms with E-state index in [1.807, 2.05) is 0 Å². The van der Waals surface area contributed by atoms with E-state index in [2.05, 4.69) is 53.0 Å². The first-order valence-corrected chi connectivity index (χ1v) is 11.5. The lowest BCUT2D eigenvalue weighted by Crippen LogP contribution is -2.17. The monoisotopic (exact) mass is 510 g/mol. The highest BCUT2D eigenvalue weighted by Gasteiger charge is 2.31. The van der Waals surface area contributed by atoms with Crippen molar-refractivity contribution in [3.8, 4) is 22.8 Å². The van der Waals surface area contributed by atoms with E-state index in [9.17, 15) is 18.0 Å². The number of hydrogen-bond donors (Lipinski definition) is 1. The van der Waals surface area contributed by atoms with E-state index in [1.165, 1.54) is 57.5 Å². The number of rotatable bonds is 7. The van der Waals surface area contributed by atoms with Crippen LogP contribution in [0.2, 0.25) is 0 Å². The molecule has 0 radical (unpaired) electrons. The number of benzene rings is 3. The van der Waals surface area contributed by atoms with Crippen LogP contribution >= 0.6 is 0 Å². The fraction of sp³-hybridized carbons (Fsp3) is 0.222. The van der Waals surface area contributed by atoms with Gasteiger partial charge in [-0.2, -0.15) is 0 Å². The number of carbonyl (C=O) groups is 1. The molecule has 0 aliphatic heterocycles. The molecule has 10 heteroatoms. The maximum Gasteiger partial charge on any atom is 0.573 e. The third kappa shape index (κ3) is 6.87. The smallest absolute Gasteiger partial charge is 0.449 e. The quantitative estimate of drug-likeness (QED) is 0.305. The molecule has 4 rings (SSSR count). The molecule has 1 N–H and O–H groups in total. The van der Waals surface area contributed by atoms with Crippen molar-refractivity contribution in [3.63, 3.8) is 0 Å². The minimum absolute atomic E-state index is 0.263. The SMILES string of the molecule is Cc1cc(C)c(CCOC(=O)Nc2ccc(-c3ncn(-c4ccc(OC(F)(F)F)cc4)n3)cc2)c(C)c1. The first-order valence-electron chi connectivity index (χ1n) is 11.5. The third-order valence-electron chi connectivity index (χ3n) is 5.64. The van der Waals surface area contributed by atoms with Crippen LogP contribution in [0.1, 0.15) is 22.3 Å². The maximum absolute atomic E-state index is 12.3. The minimum atomic E-state index is -4.75. The zero-order chi connectivity index (χ0) is 26.6. The molecule has 0 aliphatic carbocycles. The largest absolute Gasteiger partial charge is 0.573 e. The summed E-state index contributed by atoms with van der Waals surface area (Å²) in [6.07, 6.45) is -3.21. The van der Waals surface area contributed by atoms with Crippen molar-refractivity contribution in [2.45, 2.75) is 33.6 Å². The van der Waals surface area contributed by atoms with Crippen LogP contribution in [0.15, 0.2) is 67.0 Å². The fourth-order valence-corrected chi connectivity index (χ4v) is 4.03. The first-order chi connectivity index (χ1) is 17.6. The number of hydrogen-bond acceptors (Lipinski definition) is 5. The number of halogens is 3.